The first-order valence-electron chi connectivity index (χ1n) is 8.94. The Bertz CT molecular complexity index is 1240. The van der Waals surface area contributed by atoms with Gasteiger partial charge in [-0.05, 0) is 30.3 Å². The van der Waals surface area contributed by atoms with Crippen molar-refractivity contribution in [2.75, 3.05) is 0 Å². The SMILES string of the molecule is O=C([O-])c1cc(C(=O)O)c(C(=O)O)cc1C(=O)O.c1cnc2c(c1)ccc1ccc[nH+]c12. The lowest BCUT2D eigenvalue weighted by Crippen LogP contribution is -2.26. The molecule has 4 rings (SSSR count). The van der Waals surface area contributed by atoms with E-state index >= 15 is 0 Å². The standard InChI is InChI=1S/C12H8N2.C10H6O8/c1-3-9-5-6-10-4-2-8-14-12(10)11(9)13-7-1;11-7(12)3-1-4(8(13)14)6(10(17)18)2-5(3)9(15)16/h1-8H;1-2H,(H,11,12)(H,13,14)(H,15,16)(H,17,18). The van der Waals surface area contributed by atoms with Crippen LogP contribution in [0.25, 0.3) is 21.8 Å². The lowest BCUT2D eigenvalue weighted by Gasteiger charge is -2.10. The monoisotopic (exact) mass is 434 g/mol. The second-order valence-corrected chi connectivity index (χ2v) is 6.42. The van der Waals surface area contributed by atoms with Crippen LogP contribution in [0.15, 0.2) is 60.9 Å². The number of nitrogens with one attached hydrogen (secondary N) is 1. The molecule has 0 aliphatic rings. The number of hydrogen-bond acceptors (Lipinski definition) is 6. The molecule has 4 aromatic rings. The van der Waals surface area contributed by atoms with Crippen molar-refractivity contribution < 1.29 is 44.6 Å². The van der Waals surface area contributed by atoms with Crippen molar-refractivity contribution in [3.8, 4) is 0 Å². The van der Waals surface area contributed by atoms with Crippen LogP contribution in [0, 0.1) is 0 Å². The molecule has 0 aliphatic heterocycles. The smallest absolute Gasteiger partial charge is 0.336 e. The van der Waals surface area contributed by atoms with Gasteiger partial charge in [0.1, 0.15) is 5.52 Å². The molecule has 0 unspecified atom stereocenters. The van der Waals surface area contributed by atoms with Gasteiger partial charge in [-0.2, -0.15) is 0 Å². The molecule has 0 atom stereocenters. The predicted molar refractivity (Wildman–Crippen MR) is 107 cm³/mol. The summed E-state index contributed by atoms with van der Waals surface area (Å²) >= 11 is 0. The highest BCUT2D eigenvalue weighted by Crippen LogP contribution is 2.19. The number of aromatic nitrogens is 2. The summed E-state index contributed by atoms with van der Waals surface area (Å²) in [6.07, 6.45) is 3.75. The van der Waals surface area contributed by atoms with Crippen LogP contribution in [0.2, 0.25) is 0 Å². The lowest BCUT2D eigenvalue weighted by atomic mass is 9.98. The Kier molecular flexibility index (Phi) is 6.06. The number of carbonyl (C=O) groups is 4. The number of nitrogens with zero attached hydrogens (tertiary/aromatic N) is 1. The molecule has 2 heterocycles. The number of hydrogen-bond donors (Lipinski definition) is 3. The molecule has 0 saturated heterocycles. The van der Waals surface area contributed by atoms with Crippen molar-refractivity contribution in [2.24, 2.45) is 0 Å². The van der Waals surface area contributed by atoms with Gasteiger partial charge in [0.05, 0.1) is 22.7 Å². The average Bonchev–Trinajstić information content (AvgIpc) is 2.78. The van der Waals surface area contributed by atoms with Crippen LogP contribution >= 0.6 is 0 Å². The van der Waals surface area contributed by atoms with Crippen molar-refractivity contribution in [1.82, 2.24) is 4.98 Å². The first-order valence-corrected chi connectivity index (χ1v) is 8.94. The molecule has 2 aromatic carbocycles. The third-order valence-corrected chi connectivity index (χ3v) is 4.48. The molecular weight excluding hydrogens is 420 g/mol. The molecule has 10 nitrogen and oxygen atoms in total. The first kappa shape index (κ1) is 21.8. The summed E-state index contributed by atoms with van der Waals surface area (Å²) < 4.78 is 0. The van der Waals surface area contributed by atoms with Crippen LogP contribution in [0.1, 0.15) is 41.4 Å². The third-order valence-electron chi connectivity index (χ3n) is 4.48. The molecule has 0 bridgehead atoms. The summed E-state index contributed by atoms with van der Waals surface area (Å²) in [5.41, 5.74) is -1.25. The molecule has 160 valence electrons. The van der Waals surface area contributed by atoms with Crippen LogP contribution < -0.4 is 10.1 Å². The summed E-state index contributed by atoms with van der Waals surface area (Å²) in [7, 11) is 0. The zero-order valence-electron chi connectivity index (χ0n) is 16.1. The summed E-state index contributed by atoms with van der Waals surface area (Å²) in [6, 6.07) is 13.2. The molecule has 4 N–H and O–H groups in total. The topological polar surface area (TPSA) is 179 Å². The largest absolute Gasteiger partial charge is 0.545 e. The molecule has 0 amide bonds. The average molecular weight is 434 g/mol. The van der Waals surface area contributed by atoms with E-state index in [2.05, 4.69) is 34.2 Å². The minimum Gasteiger partial charge on any atom is -0.545 e. The van der Waals surface area contributed by atoms with E-state index in [-0.39, 0.29) is 0 Å². The molecule has 0 fully saturated rings. The first-order chi connectivity index (χ1) is 15.2. The van der Waals surface area contributed by atoms with Gasteiger partial charge in [-0.1, -0.05) is 12.1 Å². The van der Waals surface area contributed by atoms with Crippen LogP contribution in [0.4, 0.5) is 0 Å². The molecular formula is C22H14N2O8. The predicted octanol–water partition coefficient (Wildman–Crippen LogP) is 1.35. The Morgan fingerprint density at radius 1 is 0.750 bits per heavy atom. The van der Waals surface area contributed by atoms with Gasteiger partial charge >= 0.3 is 17.9 Å². The number of aromatic carboxylic acids is 4. The van der Waals surface area contributed by atoms with Gasteiger partial charge in [-0.25, -0.2) is 24.4 Å². The molecule has 32 heavy (non-hydrogen) atoms. The van der Waals surface area contributed by atoms with Gasteiger partial charge in [0.2, 0.25) is 5.52 Å². The van der Waals surface area contributed by atoms with E-state index in [1.165, 1.54) is 10.8 Å². The van der Waals surface area contributed by atoms with E-state index in [9.17, 15) is 24.3 Å². The van der Waals surface area contributed by atoms with E-state index < -0.39 is 46.1 Å². The van der Waals surface area contributed by atoms with Crippen molar-refractivity contribution in [3.63, 3.8) is 0 Å². The number of benzene rings is 2. The summed E-state index contributed by atoms with van der Waals surface area (Å²) in [5, 5.41) is 39.2. The molecule has 0 radical (unpaired) electrons. The Morgan fingerprint density at radius 3 is 1.88 bits per heavy atom. The van der Waals surface area contributed by atoms with Gasteiger partial charge in [0.15, 0.2) is 6.20 Å². The highest BCUT2D eigenvalue weighted by Gasteiger charge is 2.22. The van der Waals surface area contributed by atoms with Gasteiger partial charge in [0, 0.05) is 28.6 Å². The number of pyridine rings is 2. The highest BCUT2D eigenvalue weighted by molar-refractivity contribution is 6.08. The van der Waals surface area contributed by atoms with E-state index in [1.807, 2.05) is 24.5 Å². The van der Waals surface area contributed by atoms with Crippen molar-refractivity contribution in [2.45, 2.75) is 0 Å². The van der Waals surface area contributed by atoms with Crippen molar-refractivity contribution in [3.05, 3.63) is 83.2 Å². The normalized spacial score (nSPS) is 10.2. The number of H-pyrrole nitrogens is 1. The van der Waals surface area contributed by atoms with Crippen molar-refractivity contribution in [1.29, 1.82) is 0 Å². The van der Waals surface area contributed by atoms with E-state index in [4.69, 9.17) is 15.3 Å². The number of aromatic amines is 1. The quantitative estimate of drug-likeness (QED) is 0.400. The van der Waals surface area contributed by atoms with E-state index in [0.29, 0.717) is 12.1 Å². The van der Waals surface area contributed by atoms with Gasteiger partial charge in [-0.15, -0.1) is 0 Å². The molecule has 0 aliphatic carbocycles. The van der Waals surface area contributed by atoms with Crippen LogP contribution in [-0.4, -0.2) is 44.2 Å². The fraction of sp³-hybridized carbons (Fsp3) is 0. The molecule has 2 aromatic heterocycles. The zero-order valence-corrected chi connectivity index (χ0v) is 16.1. The van der Waals surface area contributed by atoms with Crippen LogP contribution in [0.3, 0.4) is 0 Å². The Labute approximate surface area is 179 Å². The summed E-state index contributed by atoms with van der Waals surface area (Å²) in [4.78, 5) is 50.5. The second kappa shape index (κ2) is 8.88. The molecule has 0 saturated carbocycles. The van der Waals surface area contributed by atoms with Gasteiger partial charge < -0.3 is 25.2 Å². The number of rotatable bonds is 4. The fourth-order valence-electron chi connectivity index (χ4n) is 3.03. The minimum absolute atomic E-state index is 0.449. The van der Waals surface area contributed by atoms with Gasteiger partial charge in [0.25, 0.3) is 0 Å². The fourth-order valence-corrected chi connectivity index (χ4v) is 3.03. The highest BCUT2D eigenvalue weighted by atomic mass is 16.4. The number of carbonyl (C=O) groups excluding carboxylic acids is 1. The summed E-state index contributed by atoms with van der Waals surface area (Å²) in [5.74, 6) is -6.98. The Morgan fingerprint density at radius 2 is 1.28 bits per heavy atom. The Balaban J connectivity index is 0.000000185. The van der Waals surface area contributed by atoms with Gasteiger partial charge in [-0.3, -0.25) is 0 Å². The molecule has 10 heteroatoms. The minimum atomic E-state index is -1.91. The maximum absolute atomic E-state index is 10.8. The maximum Gasteiger partial charge on any atom is 0.336 e. The van der Waals surface area contributed by atoms with Crippen LogP contribution in [-0.2, 0) is 0 Å². The second-order valence-electron chi connectivity index (χ2n) is 6.42. The zero-order chi connectivity index (χ0) is 23.4. The molecule has 0 spiro atoms. The number of carboxylic acids is 4. The van der Waals surface area contributed by atoms with Crippen LogP contribution in [0.5, 0.6) is 0 Å². The van der Waals surface area contributed by atoms with E-state index in [1.54, 1.807) is 0 Å². The van der Waals surface area contributed by atoms with Crippen molar-refractivity contribution >= 4 is 45.7 Å². The summed E-state index contributed by atoms with van der Waals surface area (Å²) in [6.45, 7) is 0. The van der Waals surface area contributed by atoms with E-state index in [0.717, 1.165) is 11.0 Å². The Hall–Kier alpha value is -4.86. The maximum atomic E-state index is 10.8. The number of carboxylic acid groups (broad SMARTS) is 4. The number of fused-ring (bicyclic) bond motifs is 3. The lowest BCUT2D eigenvalue weighted by molar-refractivity contribution is -0.343. The third kappa shape index (κ3) is 4.33.